The van der Waals surface area contributed by atoms with E-state index in [9.17, 15) is 33.1 Å². The molecule has 1 aliphatic rings. The van der Waals surface area contributed by atoms with Crippen LogP contribution in [-0.4, -0.2) is 49.0 Å². The number of esters is 1. The Morgan fingerprint density at radius 2 is 1.95 bits per heavy atom. The maximum atomic E-state index is 13.0. The maximum Gasteiger partial charge on any atom is 0.487 e. The molecule has 23 heteroatoms. The highest BCUT2D eigenvalue weighted by molar-refractivity contribution is 7.66. The molecular weight excluding hydrogens is 605 g/mol. The molecule has 0 radical (unpaired) electrons. The second kappa shape index (κ2) is 12.7. The van der Waals surface area contributed by atoms with Crippen molar-refractivity contribution in [1.29, 1.82) is 0 Å². The molecule has 5 atom stereocenters. The normalized spacial score (nSPS) is 22.1. The van der Waals surface area contributed by atoms with E-state index in [1.807, 2.05) is 0 Å². The van der Waals surface area contributed by atoms with E-state index in [1.54, 1.807) is 6.07 Å². The van der Waals surface area contributed by atoms with Gasteiger partial charge in [-0.1, -0.05) is 23.3 Å². The molecule has 0 spiro atoms. The number of benzene rings is 1. The summed E-state index contributed by atoms with van der Waals surface area (Å²) >= 11 is 0. The van der Waals surface area contributed by atoms with Gasteiger partial charge in [0.05, 0.1) is 18.7 Å². The molecule has 1 fully saturated rings. The van der Waals surface area contributed by atoms with Crippen LogP contribution in [0.3, 0.4) is 0 Å². The molecule has 20 nitrogen and oxygen atoms in total. The highest BCUT2D eigenvalue weighted by Gasteiger charge is 2.42. The van der Waals surface area contributed by atoms with Gasteiger partial charge < -0.3 is 39.3 Å². The van der Waals surface area contributed by atoms with Crippen LogP contribution in [-0.2, 0) is 42.9 Å². The van der Waals surface area contributed by atoms with Crippen molar-refractivity contribution >= 4 is 35.3 Å². The number of hydrogen-bond acceptors (Lipinski definition) is 14. The maximum absolute atomic E-state index is 13.0. The topological polar surface area (TPSA) is 308 Å². The number of phosphoric acid groups is 3. The summed E-state index contributed by atoms with van der Waals surface area (Å²) in [4.78, 5) is 70.0. The highest BCUT2D eigenvalue weighted by atomic mass is 31.3. The van der Waals surface area contributed by atoms with Gasteiger partial charge in [0.1, 0.15) is 24.3 Å². The van der Waals surface area contributed by atoms with E-state index in [0.717, 1.165) is 4.57 Å². The number of phosphoric ester groups is 1. The van der Waals surface area contributed by atoms with Gasteiger partial charge in [0.15, 0.2) is 0 Å². The summed E-state index contributed by atoms with van der Waals surface area (Å²) in [5, 5.41) is 3.40. The Hall–Kier alpha value is -2.95. The predicted molar refractivity (Wildman–Crippen MR) is 128 cm³/mol. The van der Waals surface area contributed by atoms with Gasteiger partial charge in [-0.25, -0.2) is 23.0 Å². The van der Waals surface area contributed by atoms with Gasteiger partial charge in [0.2, 0.25) is 0 Å². The summed E-state index contributed by atoms with van der Waals surface area (Å²) in [5.41, 5.74) is 13.5. The molecular formula is C17H20N6O14P3-. The molecule has 0 aliphatic carbocycles. The largest absolute Gasteiger partial charge is 0.756 e. The van der Waals surface area contributed by atoms with Gasteiger partial charge in [-0.05, 0) is 23.2 Å². The minimum Gasteiger partial charge on any atom is -0.756 e. The zero-order chi connectivity index (χ0) is 29.7. The van der Waals surface area contributed by atoms with Crippen molar-refractivity contribution in [3.05, 3.63) is 68.6 Å². The van der Waals surface area contributed by atoms with Crippen LogP contribution in [0.2, 0.25) is 0 Å². The van der Waals surface area contributed by atoms with E-state index >= 15 is 0 Å². The molecule has 40 heavy (non-hydrogen) atoms. The zero-order valence-corrected chi connectivity index (χ0v) is 22.5. The number of anilines is 1. The van der Waals surface area contributed by atoms with Gasteiger partial charge in [0, 0.05) is 17.5 Å². The molecule has 3 rings (SSSR count). The summed E-state index contributed by atoms with van der Waals surface area (Å²) < 4.78 is 58.1. The third-order valence-electron chi connectivity index (χ3n) is 4.95. The first kappa shape index (κ1) is 31.6. The lowest BCUT2D eigenvalue weighted by Crippen LogP contribution is -2.32. The highest BCUT2D eigenvalue weighted by Crippen LogP contribution is 2.65. The van der Waals surface area contributed by atoms with Crippen molar-refractivity contribution in [2.24, 2.45) is 5.11 Å². The van der Waals surface area contributed by atoms with Gasteiger partial charge in [0.25, 0.3) is 7.82 Å². The van der Waals surface area contributed by atoms with Crippen LogP contribution in [0.5, 0.6) is 0 Å². The minimum absolute atomic E-state index is 0.00188. The van der Waals surface area contributed by atoms with Gasteiger partial charge in [-0.3, -0.25) is 9.13 Å². The summed E-state index contributed by atoms with van der Waals surface area (Å²) in [6.07, 6.45) is -2.96. The number of nitrogen functional groups attached to an aromatic ring is 1. The van der Waals surface area contributed by atoms with E-state index in [-0.39, 0.29) is 24.3 Å². The third-order valence-corrected chi connectivity index (χ3v) is 8.72. The Kier molecular flexibility index (Phi) is 10.0. The summed E-state index contributed by atoms with van der Waals surface area (Å²) in [5.74, 6) is -1.05. The van der Waals surface area contributed by atoms with Gasteiger partial charge >= 0.3 is 27.3 Å². The molecule has 1 aromatic heterocycles. The fourth-order valence-electron chi connectivity index (χ4n) is 3.42. The SMILES string of the molecule is [N-]=[N+]=NCc1ccccc1C(=O)O[C@@H]1C[C@H](n2ccc(N)nc2=O)O[C@@H]1COP(=O)([O-])OP(=O)(O)OP(=O)(O)O. The summed E-state index contributed by atoms with van der Waals surface area (Å²) in [7, 11) is -17.3. The summed E-state index contributed by atoms with van der Waals surface area (Å²) in [6, 6.07) is 7.21. The Balaban J connectivity index is 1.82. The van der Waals surface area contributed by atoms with E-state index < -0.39 is 60.2 Å². The monoisotopic (exact) mass is 625 g/mol. The second-order valence-electron chi connectivity index (χ2n) is 7.76. The fourth-order valence-corrected chi connectivity index (χ4v) is 6.41. The van der Waals surface area contributed by atoms with Crippen LogP contribution in [0.1, 0.15) is 28.6 Å². The average molecular weight is 625 g/mol. The molecule has 1 saturated heterocycles. The van der Waals surface area contributed by atoms with E-state index in [4.69, 9.17) is 30.5 Å². The zero-order valence-electron chi connectivity index (χ0n) is 19.8. The lowest BCUT2D eigenvalue weighted by Gasteiger charge is -2.27. The number of rotatable bonds is 12. The first-order chi connectivity index (χ1) is 18.6. The number of carbonyl (C=O) groups is 1. The van der Waals surface area contributed by atoms with Crippen molar-refractivity contribution in [3.8, 4) is 0 Å². The molecule has 1 aromatic carbocycles. The van der Waals surface area contributed by atoms with E-state index in [0.29, 0.717) is 5.56 Å². The van der Waals surface area contributed by atoms with Crippen LogP contribution in [0.25, 0.3) is 10.4 Å². The first-order valence-corrected chi connectivity index (χ1v) is 15.1. The molecule has 2 unspecified atom stereocenters. The van der Waals surface area contributed by atoms with Gasteiger partial charge in [-0.2, -0.15) is 9.29 Å². The van der Waals surface area contributed by atoms with Crippen molar-refractivity contribution in [2.45, 2.75) is 31.4 Å². The first-order valence-electron chi connectivity index (χ1n) is 10.7. The molecule has 0 amide bonds. The molecule has 2 aromatic rings. The van der Waals surface area contributed by atoms with Crippen molar-refractivity contribution in [2.75, 3.05) is 12.3 Å². The summed E-state index contributed by atoms with van der Waals surface area (Å²) in [6.45, 7) is -1.22. The molecule has 1 aliphatic heterocycles. The number of azide groups is 1. The quantitative estimate of drug-likeness (QED) is 0.0835. The Labute approximate surface area is 223 Å². The molecule has 0 saturated carbocycles. The van der Waals surface area contributed by atoms with Crippen LogP contribution in [0, 0.1) is 0 Å². The van der Waals surface area contributed by atoms with Crippen LogP contribution < -0.4 is 16.3 Å². The lowest BCUT2D eigenvalue weighted by molar-refractivity contribution is -0.221. The van der Waals surface area contributed by atoms with Crippen LogP contribution in [0.15, 0.2) is 46.4 Å². The Bertz CT molecular complexity index is 1510. The number of aromatic nitrogens is 2. The predicted octanol–water partition coefficient (Wildman–Crippen LogP) is 0.860. The molecule has 0 bridgehead atoms. The van der Waals surface area contributed by atoms with Gasteiger partial charge in [-0.15, -0.1) is 0 Å². The van der Waals surface area contributed by atoms with Crippen LogP contribution in [0.4, 0.5) is 5.82 Å². The lowest BCUT2D eigenvalue weighted by atomic mass is 10.1. The molecule has 218 valence electrons. The number of ether oxygens (including phenoxy) is 2. The van der Waals surface area contributed by atoms with Crippen molar-refractivity contribution in [3.63, 3.8) is 0 Å². The molecule has 5 N–H and O–H groups in total. The minimum atomic E-state index is -5.85. The average Bonchev–Trinajstić information content (AvgIpc) is 3.21. The standard InChI is InChI=1S/C17H21N6O14P3/c18-14-5-6-23(17(25)21-14)15-7-12(35-16(24)11-4-2-1-3-10(11)8-20-22-19)13(34-15)9-33-39(29,30)37-40(31,32)36-38(26,27)28/h1-6,12-13,15H,7-9H2,(H,29,30)(H,31,32)(H2,18,21,25)(H2,26,27,28)/p-1/t12-,13-,15-/m1/s1. The smallest absolute Gasteiger partial charge is 0.487 e. The number of nitrogens with zero attached hydrogens (tertiary/aromatic N) is 5. The van der Waals surface area contributed by atoms with E-state index in [2.05, 4.69) is 28.2 Å². The van der Waals surface area contributed by atoms with Crippen LogP contribution >= 0.6 is 23.5 Å². The van der Waals surface area contributed by atoms with E-state index in [1.165, 1.54) is 30.5 Å². The Morgan fingerprint density at radius 1 is 1.25 bits per heavy atom. The number of nitrogens with two attached hydrogens (primary N) is 1. The van der Waals surface area contributed by atoms with Crippen molar-refractivity contribution in [1.82, 2.24) is 9.55 Å². The molecule has 2 heterocycles. The van der Waals surface area contributed by atoms with Crippen molar-refractivity contribution < 1.29 is 60.7 Å². The third kappa shape index (κ3) is 9.04. The fraction of sp³-hybridized carbons (Fsp3) is 0.353. The number of carbonyl (C=O) groups excluding carboxylic acids is 1. The second-order valence-corrected chi connectivity index (χ2v) is 12.1. The number of hydrogen-bond donors (Lipinski definition) is 4. The Morgan fingerprint density at radius 3 is 2.60 bits per heavy atom.